The van der Waals surface area contributed by atoms with Crippen LogP contribution in [-0.2, 0) is 0 Å². The lowest BCUT2D eigenvalue weighted by Gasteiger charge is -2.09. The first-order valence-electron chi connectivity index (χ1n) is 5.60. The number of benzene rings is 1. The zero-order chi connectivity index (χ0) is 15.6. The Morgan fingerprint density at radius 2 is 1.95 bits per heavy atom. The molecular formula is C13H9Br2NO4S. The highest BCUT2D eigenvalue weighted by Crippen LogP contribution is 2.32. The van der Waals surface area contributed by atoms with Crippen LogP contribution in [0.5, 0.6) is 5.75 Å². The molecule has 1 amide bonds. The van der Waals surface area contributed by atoms with Crippen molar-refractivity contribution in [2.45, 2.75) is 0 Å². The fourth-order valence-electron chi connectivity index (χ4n) is 1.62. The molecular weight excluding hydrogens is 426 g/mol. The van der Waals surface area contributed by atoms with Gasteiger partial charge in [-0.25, -0.2) is 4.79 Å². The molecule has 8 heteroatoms. The second kappa shape index (κ2) is 6.59. The number of ether oxygens (including phenoxy) is 1. The average molecular weight is 435 g/mol. The molecule has 0 unspecified atom stereocenters. The zero-order valence-electron chi connectivity index (χ0n) is 10.6. The van der Waals surface area contributed by atoms with Gasteiger partial charge in [0.2, 0.25) is 0 Å². The first-order valence-corrected chi connectivity index (χ1v) is 8.00. The van der Waals surface area contributed by atoms with E-state index in [1.807, 2.05) is 0 Å². The zero-order valence-corrected chi connectivity index (χ0v) is 14.6. The summed E-state index contributed by atoms with van der Waals surface area (Å²) in [6, 6.07) is 6.10. The summed E-state index contributed by atoms with van der Waals surface area (Å²) < 4.78 is 6.45. The van der Waals surface area contributed by atoms with E-state index in [2.05, 4.69) is 37.2 Å². The molecule has 1 aromatic carbocycles. The molecule has 0 fully saturated rings. The lowest BCUT2D eigenvalue weighted by molar-refractivity contribution is 0.0697. The summed E-state index contributed by atoms with van der Waals surface area (Å²) in [5.74, 6) is -1.13. The Labute approximate surface area is 141 Å². The van der Waals surface area contributed by atoms with Crippen LogP contribution in [0.25, 0.3) is 0 Å². The van der Waals surface area contributed by atoms with E-state index in [1.165, 1.54) is 30.6 Å². The van der Waals surface area contributed by atoms with Crippen LogP contribution in [0.4, 0.5) is 5.69 Å². The number of halogens is 2. The second-order valence-electron chi connectivity index (χ2n) is 3.91. The lowest BCUT2D eigenvalue weighted by atomic mass is 10.1. The third-order valence-corrected chi connectivity index (χ3v) is 4.95. The van der Waals surface area contributed by atoms with Gasteiger partial charge < -0.3 is 15.2 Å². The number of aromatic carboxylic acids is 1. The number of hydrogen-bond donors (Lipinski definition) is 2. The Morgan fingerprint density at radius 1 is 1.24 bits per heavy atom. The van der Waals surface area contributed by atoms with Crippen LogP contribution in [0, 0.1) is 0 Å². The lowest BCUT2D eigenvalue weighted by Crippen LogP contribution is -2.14. The number of methoxy groups -OCH3 is 1. The van der Waals surface area contributed by atoms with Crippen molar-refractivity contribution < 1.29 is 19.4 Å². The minimum Gasteiger partial charge on any atom is -0.497 e. The van der Waals surface area contributed by atoms with Gasteiger partial charge in [-0.3, -0.25) is 4.79 Å². The summed E-state index contributed by atoms with van der Waals surface area (Å²) in [4.78, 5) is 23.5. The van der Waals surface area contributed by atoms with Gasteiger partial charge >= 0.3 is 5.97 Å². The molecule has 0 bridgehead atoms. The Bertz CT molecular complexity index is 714. The molecule has 1 heterocycles. The number of rotatable bonds is 4. The minimum absolute atomic E-state index is 0.0342. The number of hydrogen-bond acceptors (Lipinski definition) is 4. The molecule has 0 radical (unpaired) electrons. The molecule has 0 aliphatic heterocycles. The molecule has 2 N–H and O–H groups in total. The smallest absolute Gasteiger partial charge is 0.337 e. The number of carboxylic acid groups (broad SMARTS) is 1. The number of carbonyl (C=O) groups is 2. The number of thiophene rings is 1. The summed E-state index contributed by atoms with van der Waals surface area (Å²) in [5.41, 5.74) is 0.606. The second-order valence-corrected chi connectivity index (χ2v) is 7.66. The monoisotopic (exact) mass is 433 g/mol. The maximum absolute atomic E-state index is 12.2. The molecule has 2 aromatic rings. The number of carboxylic acids is 1. The molecule has 0 atom stereocenters. The number of nitrogens with one attached hydrogen (secondary N) is 1. The van der Waals surface area contributed by atoms with Crippen molar-refractivity contribution in [2.75, 3.05) is 12.4 Å². The Kier molecular flexibility index (Phi) is 5.02. The van der Waals surface area contributed by atoms with Gasteiger partial charge in [0.15, 0.2) is 0 Å². The van der Waals surface area contributed by atoms with Crippen molar-refractivity contribution in [1.29, 1.82) is 0 Å². The van der Waals surface area contributed by atoms with Crippen molar-refractivity contribution in [3.63, 3.8) is 0 Å². The summed E-state index contributed by atoms with van der Waals surface area (Å²) in [7, 11) is 1.44. The standard InChI is InChI=1S/C13H9Br2NO4S/c1-20-6-2-3-9(7(4-6)13(18)19)16-12(17)8-5-10(14)21-11(8)15/h2-5H,1H3,(H,16,17)(H,18,19). The van der Waals surface area contributed by atoms with Gasteiger partial charge in [0.1, 0.15) is 5.75 Å². The van der Waals surface area contributed by atoms with Crippen molar-refractivity contribution in [3.05, 3.63) is 43.0 Å². The molecule has 0 spiro atoms. The SMILES string of the molecule is COc1ccc(NC(=O)c2cc(Br)sc2Br)c(C(=O)O)c1. The molecule has 0 saturated heterocycles. The molecule has 1 aromatic heterocycles. The van der Waals surface area contributed by atoms with E-state index in [9.17, 15) is 14.7 Å². The van der Waals surface area contributed by atoms with Crippen molar-refractivity contribution >= 4 is 60.8 Å². The predicted octanol–water partition coefficient (Wildman–Crippen LogP) is 4.23. The van der Waals surface area contributed by atoms with Gasteiger partial charge in [-0.2, -0.15) is 0 Å². The topological polar surface area (TPSA) is 75.6 Å². The maximum Gasteiger partial charge on any atom is 0.337 e. The fraction of sp³-hybridized carbons (Fsp3) is 0.0769. The van der Waals surface area contributed by atoms with Crippen LogP contribution in [-0.4, -0.2) is 24.1 Å². The summed E-state index contributed by atoms with van der Waals surface area (Å²) in [6.45, 7) is 0. The summed E-state index contributed by atoms with van der Waals surface area (Å²) in [6.07, 6.45) is 0. The van der Waals surface area contributed by atoms with E-state index in [0.717, 1.165) is 3.79 Å². The third kappa shape index (κ3) is 3.63. The highest BCUT2D eigenvalue weighted by molar-refractivity contribution is 9.12. The molecule has 0 aliphatic rings. The van der Waals surface area contributed by atoms with Gasteiger partial charge in [0.25, 0.3) is 5.91 Å². The van der Waals surface area contributed by atoms with Gasteiger partial charge in [-0.05, 0) is 56.1 Å². The van der Waals surface area contributed by atoms with E-state index in [-0.39, 0.29) is 11.3 Å². The summed E-state index contributed by atoms with van der Waals surface area (Å²) in [5, 5.41) is 11.8. The first-order chi connectivity index (χ1) is 9.92. The molecule has 5 nitrogen and oxygen atoms in total. The van der Waals surface area contributed by atoms with Crippen molar-refractivity contribution in [1.82, 2.24) is 0 Å². The predicted molar refractivity (Wildman–Crippen MR) is 87.6 cm³/mol. The van der Waals surface area contributed by atoms with Crippen molar-refractivity contribution in [3.8, 4) is 5.75 Å². The minimum atomic E-state index is -1.14. The normalized spacial score (nSPS) is 10.2. The largest absolute Gasteiger partial charge is 0.497 e. The Balaban J connectivity index is 2.33. The number of anilines is 1. The molecule has 0 aliphatic carbocycles. The van der Waals surface area contributed by atoms with E-state index in [0.29, 0.717) is 15.1 Å². The van der Waals surface area contributed by atoms with Gasteiger partial charge in [0, 0.05) is 0 Å². The highest BCUT2D eigenvalue weighted by Gasteiger charge is 2.18. The molecule has 110 valence electrons. The Hall–Kier alpha value is -1.38. The first kappa shape index (κ1) is 16.0. The van der Waals surface area contributed by atoms with E-state index in [1.54, 1.807) is 12.1 Å². The van der Waals surface area contributed by atoms with Gasteiger partial charge in [-0.1, -0.05) is 0 Å². The third-order valence-electron chi connectivity index (χ3n) is 2.61. The number of carbonyl (C=O) groups excluding carboxylic acids is 1. The fourth-order valence-corrected chi connectivity index (χ4v) is 4.41. The molecule has 2 rings (SSSR count). The van der Waals surface area contributed by atoms with Gasteiger partial charge in [-0.15, -0.1) is 11.3 Å². The molecule has 0 saturated carbocycles. The van der Waals surface area contributed by atoms with Gasteiger partial charge in [0.05, 0.1) is 31.5 Å². The average Bonchev–Trinajstić information content (AvgIpc) is 2.78. The van der Waals surface area contributed by atoms with E-state index >= 15 is 0 Å². The summed E-state index contributed by atoms with van der Waals surface area (Å²) >= 11 is 7.94. The Morgan fingerprint density at radius 3 is 2.48 bits per heavy atom. The quantitative estimate of drug-likeness (QED) is 0.754. The van der Waals surface area contributed by atoms with Crippen LogP contribution >= 0.6 is 43.2 Å². The van der Waals surface area contributed by atoms with E-state index in [4.69, 9.17) is 4.74 Å². The number of amides is 1. The van der Waals surface area contributed by atoms with Crippen LogP contribution in [0.1, 0.15) is 20.7 Å². The highest BCUT2D eigenvalue weighted by atomic mass is 79.9. The van der Waals surface area contributed by atoms with Crippen molar-refractivity contribution in [2.24, 2.45) is 0 Å². The maximum atomic E-state index is 12.2. The van der Waals surface area contributed by atoms with Crippen LogP contribution in [0.2, 0.25) is 0 Å². The van der Waals surface area contributed by atoms with Crippen LogP contribution < -0.4 is 10.1 Å². The van der Waals surface area contributed by atoms with Crippen LogP contribution in [0.15, 0.2) is 31.8 Å². The van der Waals surface area contributed by atoms with E-state index < -0.39 is 11.9 Å². The molecule has 21 heavy (non-hydrogen) atoms. The van der Waals surface area contributed by atoms with Crippen LogP contribution in [0.3, 0.4) is 0 Å².